The molecule has 5 saturated carbocycles. The lowest BCUT2D eigenvalue weighted by Gasteiger charge is -2.72. The number of carbonyl (C=O) groups is 3. The van der Waals surface area contributed by atoms with Crippen LogP contribution in [0.2, 0.25) is 0 Å². The van der Waals surface area contributed by atoms with Gasteiger partial charge in [0.2, 0.25) is 0 Å². The molecule has 0 saturated heterocycles. The maximum atomic E-state index is 13.2. The normalized spacial score (nSPS) is 45.9. The number of carboxylic acids is 2. The van der Waals surface area contributed by atoms with Crippen molar-refractivity contribution in [1.29, 1.82) is 0 Å². The minimum absolute atomic E-state index is 0.0832. The molecular formula is C36H56O6. The minimum atomic E-state index is -1.06. The van der Waals surface area contributed by atoms with Crippen molar-refractivity contribution in [1.82, 2.24) is 0 Å². The van der Waals surface area contributed by atoms with E-state index in [0.29, 0.717) is 23.7 Å². The molecule has 0 aromatic carbocycles. The third-order valence-electron chi connectivity index (χ3n) is 14.8. The number of fused-ring (bicyclic) bond motifs is 7. The molecule has 0 aromatic heterocycles. The molecule has 0 bridgehead atoms. The summed E-state index contributed by atoms with van der Waals surface area (Å²) in [5, 5.41) is 19.9. The van der Waals surface area contributed by atoms with E-state index < -0.39 is 28.7 Å². The van der Waals surface area contributed by atoms with Gasteiger partial charge in [0.05, 0.1) is 17.3 Å². The summed E-state index contributed by atoms with van der Waals surface area (Å²) in [6.07, 6.45) is 9.24. The second-order valence-electron chi connectivity index (χ2n) is 17.4. The molecule has 0 heterocycles. The zero-order chi connectivity index (χ0) is 31.3. The summed E-state index contributed by atoms with van der Waals surface area (Å²) in [7, 11) is 0. The van der Waals surface area contributed by atoms with Crippen molar-refractivity contribution in [2.75, 3.05) is 0 Å². The third-order valence-corrected chi connectivity index (χ3v) is 14.8. The fraction of sp³-hybridized carbons (Fsp3) is 0.861. The smallest absolute Gasteiger partial charge is 0.312 e. The largest absolute Gasteiger partial charge is 0.481 e. The molecule has 0 unspecified atom stereocenters. The maximum Gasteiger partial charge on any atom is 0.312 e. The van der Waals surface area contributed by atoms with Crippen LogP contribution in [0.4, 0.5) is 0 Å². The van der Waals surface area contributed by atoms with E-state index in [1.165, 1.54) is 0 Å². The van der Waals surface area contributed by atoms with Crippen molar-refractivity contribution in [3.05, 3.63) is 12.2 Å². The summed E-state index contributed by atoms with van der Waals surface area (Å²) in [5.41, 5.74) is -0.406. The van der Waals surface area contributed by atoms with Crippen LogP contribution in [0.3, 0.4) is 0 Å². The van der Waals surface area contributed by atoms with Gasteiger partial charge in [-0.15, -0.1) is 0 Å². The van der Waals surface area contributed by atoms with Crippen molar-refractivity contribution in [3.63, 3.8) is 0 Å². The first kappa shape index (κ1) is 31.6. The Balaban J connectivity index is 1.44. The first-order valence-corrected chi connectivity index (χ1v) is 16.6. The van der Waals surface area contributed by atoms with Crippen LogP contribution in [0.5, 0.6) is 0 Å². The lowest BCUT2D eigenvalue weighted by molar-refractivity contribution is -0.251. The SMILES string of the molecule is C=C(C)[C@@H]1CC[C@]2(C(=O)O)CC[C@]3(C)[C@H](CC[C@@H]4[C@@]5(C)CC[C@H](OC(=O)C(C)(C)CC(=O)O)C(C)(C)[C@@H]5CC[C@]43C)[C@@H]12. The van der Waals surface area contributed by atoms with Crippen molar-refractivity contribution in [2.24, 2.45) is 62.1 Å². The Hall–Kier alpha value is -1.85. The average Bonchev–Trinajstić information content (AvgIpc) is 3.27. The number of allylic oxidation sites excluding steroid dienone is 1. The molecule has 42 heavy (non-hydrogen) atoms. The molecule has 5 fully saturated rings. The van der Waals surface area contributed by atoms with E-state index in [-0.39, 0.29) is 40.1 Å². The van der Waals surface area contributed by atoms with E-state index in [1.54, 1.807) is 13.8 Å². The third kappa shape index (κ3) is 4.19. The van der Waals surface area contributed by atoms with E-state index in [4.69, 9.17) is 4.74 Å². The lowest BCUT2D eigenvalue weighted by Crippen LogP contribution is -2.67. The molecule has 10 atom stereocenters. The molecule has 6 heteroatoms. The highest BCUT2D eigenvalue weighted by Crippen LogP contribution is 2.77. The van der Waals surface area contributed by atoms with Crippen LogP contribution >= 0.6 is 0 Å². The standard InChI is InChI=1S/C36H56O6/c1-21(2)22-12-17-36(29(39)40)19-18-34(8)23(28(22)36)10-11-25-33(7)15-14-26(42-30(41)31(3,4)20-27(37)38)32(5,6)24(33)13-16-35(25,34)9/h22-26,28H,1,10-20H2,2-9H3,(H,37,38)(H,39,40)/t22-,23+,24-,25+,26-,28+,33-,34+,35+,36-/m0/s1. The van der Waals surface area contributed by atoms with Gasteiger partial charge in [-0.1, -0.05) is 46.8 Å². The van der Waals surface area contributed by atoms with Gasteiger partial charge >= 0.3 is 17.9 Å². The van der Waals surface area contributed by atoms with Gasteiger partial charge in [0.15, 0.2) is 0 Å². The van der Waals surface area contributed by atoms with Crippen LogP contribution in [0, 0.1) is 62.1 Å². The van der Waals surface area contributed by atoms with Crippen LogP contribution in [0.1, 0.15) is 126 Å². The molecule has 2 N–H and O–H groups in total. The molecule has 0 aliphatic heterocycles. The summed E-state index contributed by atoms with van der Waals surface area (Å²) in [6.45, 7) is 21.9. The summed E-state index contributed by atoms with van der Waals surface area (Å²) in [6, 6.07) is 0. The predicted molar refractivity (Wildman–Crippen MR) is 163 cm³/mol. The number of hydrogen-bond donors (Lipinski definition) is 2. The monoisotopic (exact) mass is 584 g/mol. The first-order chi connectivity index (χ1) is 19.3. The zero-order valence-corrected chi connectivity index (χ0v) is 27.5. The number of carbonyl (C=O) groups excluding carboxylic acids is 1. The molecule has 0 amide bonds. The summed E-state index contributed by atoms with van der Waals surface area (Å²) in [4.78, 5) is 37.5. The highest BCUT2D eigenvalue weighted by atomic mass is 16.5. The van der Waals surface area contributed by atoms with Gasteiger partial charge in [-0.2, -0.15) is 0 Å². The molecule has 0 radical (unpaired) electrons. The quantitative estimate of drug-likeness (QED) is 0.241. The molecular weight excluding hydrogens is 528 g/mol. The second-order valence-corrected chi connectivity index (χ2v) is 17.4. The van der Waals surface area contributed by atoms with Crippen molar-refractivity contribution >= 4 is 17.9 Å². The van der Waals surface area contributed by atoms with Crippen LogP contribution in [-0.2, 0) is 19.1 Å². The Morgan fingerprint density at radius 3 is 2.10 bits per heavy atom. The molecule has 5 rings (SSSR count). The van der Waals surface area contributed by atoms with E-state index in [9.17, 15) is 24.6 Å². The highest BCUT2D eigenvalue weighted by Gasteiger charge is 2.72. The maximum absolute atomic E-state index is 13.2. The van der Waals surface area contributed by atoms with Gasteiger partial charge in [0.1, 0.15) is 6.10 Å². The first-order valence-electron chi connectivity index (χ1n) is 16.6. The minimum Gasteiger partial charge on any atom is -0.481 e. The van der Waals surface area contributed by atoms with E-state index in [2.05, 4.69) is 48.1 Å². The zero-order valence-electron chi connectivity index (χ0n) is 27.5. The molecule has 0 spiro atoms. The Morgan fingerprint density at radius 2 is 1.50 bits per heavy atom. The number of rotatable bonds is 6. The van der Waals surface area contributed by atoms with Crippen LogP contribution in [0.15, 0.2) is 12.2 Å². The average molecular weight is 585 g/mol. The molecule has 0 aromatic rings. The topological polar surface area (TPSA) is 101 Å². The molecule has 5 aliphatic carbocycles. The fourth-order valence-electron chi connectivity index (χ4n) is 12.4. The van der Waals surface area contributed by atoms with Gasteiger partial charge < -0.3 is 14.9 Å². The Bertz CT molecular complexity index is 1170. The van der Waals surface area contributed by atoms with Gasteiger partial charge in [0.25, 0.3) is 0 Å². The van der Waals surface area contributed by atoms with Gasteiger partial charge in [-0.05, 0) is 131 Å². The number of aliphatic carboxylic acids is 2. The summed E-state index contributed by atoms with van der Waals surface area (Å²) >= 11 is 0. The van der Waals surface area contributed by atoms with Crippen molar-refractivity contribution < 1.29 is 29.3 Å². The lowest BCUT2D eigenvalue weighted by atomic mass is 9.32. The van der Waals surface area contributed by atoms with E-state index in [0.717, 1.165) is 69.8 Å². The number of ether oxygens (including phenoxy) is 1. The van der Waals surface area contributed by atoms with Crippen molar-refractivity contribution in [2.45, 2.75) is 132 Å². The summed E-state index contributed by atoms with van der Waals surface area (Å²) in [5.74, 6) is -0.175. The van der Waals surface area contributed by atoms with Gasteiger partial charge in [-0.3, -0.25) is 14.4 Å². The van der Waals surface area contributed by atoms with Gasteiger partial charge in [0, 0.05) is 5.41 Å². The van der Waals surface area contributed by atoms with Crippen LogP contribution in [-0.4, -0.2) is 34.2 Å². The Morgan fingerprint density at radius 1 is 0.833 bits per heavy atom. The fourth-order valence-corrected chi connectivity index (χ4v) is 12.4. The number of hydrogen-bond acceptors (Lipinski definition) is 4. The molecule has 6 nitrogen and oxygen atoms in total. The molecule has 5 aliphatic rings. The number of esters is 1. The van der Waals surface area contributed by atoms with Crippen LogP contribution in [0.25, 0.3) is 0 Å². The number of carboxylic acid groups (broad SMARTS) is 2. The van der Waals surface area contributed by atoms with Gasteiger partial charge in [-0.25, -0.2) is 0 Å². The Kier molecular flexibility index (Phi) is 7.39. The molecule has 236 valence electrons. The van der Waals surface area contributed by atoms with E-state index in [1.807, 2.05) is 0 Å². The Labute approximate surface area is 253 Å². The predicted octanol–water partition coefficient (Wildman–Crippen LogP) is 8.14. The highest BCUT2D eigenvalue weighted by molar-refractivity contribution is 5.82. The summed E-state index contributed by atoms with van der Waals surface area (Å²) < 4.78 is 6.18. The van der Waals surface area contributed by atoms with Crippen LogP contribution < -0.4 is 0 Å². The van der Waals surface area contributed by atoms with Crippen molar-refractivity contribution in [3.8, 4) is 0 Å². The second kappa shape index (κ2) is 9.83. The van der Waals surface area contributed by atoms with E-state index >= 15 is 0 Å².